The highest BCUT2D eigenvalue weighted by molar-refractivity contribution is 5.88. The molecule has 0 bridgehead atoms. The Morgan fingerprint density at radius 1 is 1.00 bits per heavy atom. The van der Waals surface area contributed by atoms with Gasteiger partial charge in [-0.3, -0.25) is 4.79 Å². The van der Waals surface area contributed by atoms with Gasteiger partial charge in [-0.25, -0.2) is 0 Å². The standard InChI is InChI=1S/C22H23NO2/c1-3-17-11-13-18(14-12-17)16(2)23-22(24)15-25-21-10-6-8-19-7-4-5-9-20(19)21/h4-14,16H,3,15H2,1-2H3,(H,23,24)/t16-/m1/s1. The maximum atomic E-state index is 12.2. The van der Waals surface area contributed by atoms with E-state index in [1.165, 1.54) is 5.56 Å². The van der Waals surface area contributed by atoms with E-state index in [4.69, 9.17) is 4.74 Å². The zero-order chi connectivity index (χ0) is 17.6. The molecule has 0 aliphatic carbocycles. The van der Waals surface area contributed by atoms with Crippen molar-refractivity contribution in [3.63, 3.8) is 0 Å². The van der Waals surface area contributed by atoms with E-state index in [0.717, 1.165) is 28.5 Å². The van der Waals surface area contributed by atoms with E-state index in [9.17, 15) is 4.79 Å². The van der Waals surface area contributed by atoms with Gasteiger partial charge in [0.05, 0.1) is 6.04 Å². The van der Waals surface area contributed by atoms with Crippen molar-refractivity contribution in [3.05, 3.63) is 77.9 Å². The second kappa shape index (κ2) is 7.84. The quantitative estimate of drug-likeness (QED) is 0.712. The third-order valence-corrected chi connectivity index (χ3v) is 4.37. The van der Waals surface area contributed by atoms with Crippen LogP contribution in [0.2, 0.25) is 0 Å². The smallest absolute Gasteiger partial charge is 0.258 e. The molecule has 0 aromatic heterocycles. The molecular weight excluding hydrogens is 310 g/mol. The topological polar surface area (TPSA) is 38.3 Å². The van der Waals surface area contributed by atoms with Crippen molar-refractivity contribution >= 4 is 16.7 Å². The van der Waals surface area contributed by atoms with Crippen LogP contribution < -0.4 is 10.1 Å². The normalized spacial score (nSPS) is 11.9. The lowest BCUT2D eigenvalue weighted by Crippen LogP contribution is -2.31. The Hall–Kier alpha value is -2.81. The summed E-state index contributed by atoms with van der Waals surface area (Å²) in [5.74, 6) is 0.605. The van der Waals surface area contributed by atoms with Gasteiger partial charge in [-0.05, 0) is 35.9 Å². The van der Waals surface area contributed by atoms with Crippen LogP contribution in [0.1, 0.15) is 31.0 Å². The summed E-state index contributed by atoms with van der Waals surface area (Å²) in [4.78, 5) is 12.2. The molecule has 3 nitrogen and oxygen atoms in total. The Morgan fingerprint density at radius 3 is 2.48 bits per heavy atom. The molecule has 3 heteroatoms. The maximum Gasteiger partial charge on any atom is 0.258 e. The van der Waals surface area contributed by atoms with Gasteiger partial charge in [0, 0.05) is 5.39 Å². The van der Waals surface area contributed by atoms with Gasteiger partial charge in [0.1, 0.15) is 5.75 Å². The molecular formula is C22H23NO2. The number of aryl methyl sites for hydroxylation is 1. The van der Waals surface area contributed by atoms with Gasteiger partial charge in [0.2, 0.25) is 0 Å². The first-order valence-corrected chi connectivity index (χ1v) is 8.66. The minimum absolute atomic E-state index is 0.00535. The number of carbonyl (C=O) groups excluding carboxylic acids is 1. The van der Waals surface area contributed by atoms with Gasteiger partial charge >= 0.3 is 0 Å². The molecule has 1 amide bonds. The molecule has 1 atom stereocenters. The van der Waals surface area contributed by atoms with E-state index < -0.39 is 0 Å². The van der Waals surface area contributed by atoms with Gasteiger partial charge < -0.3 is 10.1 Å². The molecule has 0 aliphatic rings. The van der Waals surface area contributed by atoms with Crippen molar-refractivity contribution in [2.45, 2.75) is 26.3 Å². The van der Waals surface area contributed by atoms with Crippen LogP contribution in [0, 0.1) is 0 Å². The van der Waals surface area contributed by atoms with Crippen molar-refractivity contribution in [3.8, 4) is 5.75 Å². The fraction of sp³-hybridized carbons (Fsp3) is 0.227. The zero-order valence-electron chi connectivity index (χ0n) is 14.7. The number of ether oxygens (including phenoxy) is 1. The number of rotatable bonds is 6. The maximum absolute atomic E-state index is 12.2. The molecule has 3 rings (SSSR count). The first-order chi connectivity index (χ1) is 12.2. The molecule has 0 spiro atoms. The predicted octanol–water partition coefficient (Wildman–Crippen LogP) is 4.66. The number of amides is 1. The lowest BCUT2D eigenvalue weighted by Gasteiger charge is -2.15. The molecule has 128 valence electrons. The average molecular weight is 333 g/mol. The Balaban J connectivity index is 1.60. The number of hydrogen-bond acceptors (Lipinski definition) is 2. The SMILES string of the molecule is CCc1ccc([C@@H](C)NC(=O)COc2cccc3ccccc23)cc1. The van der Waals surface area contributed by atoms with E-state index in [2.05, 4.69) is 36.5 Å². The molecule has 25 heavy (non-hydrogen) atoms. The van der Waals surface area contributed by atoms with Crippen molar-refractivity contribution in [2.75, 3.05) is 6.61 Å². The molecule has 0 aliphatic heterocycles. The number of benzene rings is 3. The van der Waals surface area contributed by atoms with Gasteiger partial charge in [0.25, 0.3) is 5.91 Å². The van der Waals surface area contributed by atoms with Crippen LogP contribution in [0.15, 0.2) is 66.7 Å². The van der Waals surface area contributed by atoms with E-state index in [1.54, 1.807) is 0 Å². The van der Waals surface area contributed by atoms with Crippen molar-refractivity contribution in [1.29, 1.82) is 0 Å². The van der Waals surface area contributed by atoms with Crippen LogP contribution in [-0.2, 0) is 11.2 Å². The van der Waals surface area contributed by atoms with Crippen LogP contribution in [0.25, 0.3) is 10.8 Å². The Kier molecular flexibility index (Phi) is 5.34. The summed E-state index contributed by atoms with van der Waals surface area (Å²) in [6.07, 6.45) is 1.01. The lowest BCUT2D eigenvalue weighted by molar-refractivity contribution is -0.123. The summed E-state index contributed by atoms with van der Waals surface area (Å²) in [5, 5.41) is 5.10. The number of hydrogen-bond donors (Lipinski definition) is 1. The summed E-state index contributed by atoms with van der Waals surface area (Å²) in [6, 6.07) is 22.1. The predicted molar refractivity (Wildman–Crippen MR) is 102 cm³/mol. The van der Waals surface area contributed by atoms with Crippen LogP contribution >= 0.6 is 0 Å². The van der Waals surface area contributed by atoms with Crippen molar-refractivity contribution in [2.24, 2.45) is 0 Å². The minimum atomic E-state index is -0.125. The van der Waals surface area contributed by atoms with Gasteiger partial charge in [-0.1, -0.05) is 67.6 Å². The largest absolute Gasteiger partial charge is 0.483 e. The fourth-order valence-electron chi connectivity index (χ4n) is 2.87. The van der Waals surface area contributed by atoms with E-state index >= 15 is 0 Å². The summed E-state index contributed by atoms with van der Waals surface area (Å²) in [6.45, 7) is 4.12. The molecule has 0 radical (unpaired) electrons. The molecule has 0 saturated carbocycles. The Bertz CT molecular complexity index is 850. The second-order valence-corrected chi connectivity index (χ2v) is 6.15. The zero-order valence-corrected chi connectivity index (χ0v) is 14.7. The van der Waals surface area contributed by atoms with E-state index in [1.807, 2.05) is 49.4 Å². The summed E-state index contributed by atoms with van der Waals surface area (Å²) < 4.78 is 5.74. The highest BCUT2D eigenvalue weighted by atomic mass is 16.5. The second-order valence-electron chi connectivity index (χ2n) is 6.15. The lowest BCUT2D eigenvalue weighted by atomic mass is 10.1. The van der Waals surface area contributed by atoms with Crippen LogP contribution in [0.5, 0.6) is 5.75 Å². The van der Waals surface area contributed by atoms with E-state index in [0.29, 0.717) is 0 Å². The van der Waals surface area contributed by atoms with Crippen molar-refractivity contribution < 1.29 is 9.53 Å². The number of nitrogens with one attached hydrogen (secondary N) is 1. The molecule has 0 saturated heterocycles. The molecule has 0 fully saturated rings. The Labute approximate surface area is 148 Å². The Morgan fingerprint density at radius 2 is 1.72 bits per heavy atom. The summed E-state index contributed by atoms with van der Waals surface area (Å²) in [7, 11) is 0. The van der Waals surface area contributed by atoms with Crippen LogP contribution in [0.3, 0.4) is 0 Å². The molecule has 3 aromatic carbocycles. The molecule has 1 N–H and O–H groups in total. The molecule has 0 unspecified atom stereocenters. The first kappa shape index (κ1) is 17.0. The van der Waals surface area contributed by atoms with Crippen LogP contribution in [-0.4, -0.2) is 12.5 Å². The third kappa shape index (κ3) is 4.18. The van der Waals surface area contributed by atoms with Crippen LogP contribution in [0.4, 0.5) is 0 Å². The fourth-order valence-corrected chi connectivity index (χ4v) is 2.87. The summed E-state index contributed by atoms with van der Waals surface area (Å²) >= 11 is 0. The van der Waals surface area contributed by atoms with Crippen molar-refractivity contribution in [1.82, 2.24) is 5.32 Å². The monoisotopic (exact) mass is 333 g/mol. The summed E-state index contributed by atoms with van der Waals surface area (Å²) in [5.41, 5.74) is 2.39. The molecule has 0 heterocycles. The highest BCUT2D eigenvalue weighted by Gasteiger charge is 2.11. The molecule has 3 aromatic rings. The van der Waals surface area contributed by atoms with Gasteiger partial charge in [-0.2, -0.15) is 0 Å². The first-order valence-electron chi connectivity index (χ1n) is 8.66. The van der Waals surface area contributed by atoms with E-state index in [-0.39, 0.29) is 18.6 Å². The van der Waals surface area contributed by atoms with Gasteiger partial charge in [-0.15, -0.1) is 0 Å². The minimum Gasteiger partial charge on any atom is -0.483 e. The number of fused-ring (bicyclic) bond motifs is 1. The average Bonchev–Trinajstić information content (AvgIpc) is 2.66. The van der Waals surface area contributed by atoms with Gasteiger partial charge in [0.15, 0.2) is 6.61 Å². The third-order valence-electron chi connectivity index (χ3n) is 4.37. The number of carbonyl (C=O) groups is 1. The highest BCUT2D eigenvalue weighted by Crippen LogP contribution is 2.25.